The van der Waals surface area contributed by atoms with E-state index in [1.165, 1.54) is 18.2 Å². The predicted molar refractivity (Wildman–Crippen MR) is 140 cm³/mol. The fourth-order valence-electron chi connectivity index (χ4n) is 4.30. The molecular weight excluding hydrogens is 436 g/mol. The summed E-state index contributed by atoms with van der Waals surface area (Å²) in [6.45, 7) is 4.98. The number of aryl methyl sites for hydroxylation is 1. The fraction of sp³-hybridized carbons (Fsp3) is 0.267. The minimum Gasteiger partial charge on any atom is -0.465 e. The first-order valence-corrected chi connectivity index (χ1v) is 12.1. The molecule has 0 atom stereocenters. The molecule has 0 unspecified atom stereocenters. The molecule has 0 aliphatic carbocycles. The Hall–Kier alpha value is -3.86. The lowest BCUT2D eigenvalue weighted by atomic mass is 10.0. The molecule has 35 heavy (non-hydrogen) atoms. The van der Waals surface area contributed by atoms with Crippen LogP contribution in [0.25, 0.3) is 16.6 Å². The molecule has 1 amide bonds. The third-order valence-corrected chi connectivity index (χ3v) is 6.35. The summed E-state index contributed by atoms with van der Waals surface area (Å²) >= 11 is 0. The number of methoxy groups -OCH3 is 1. The van der Waals surface area contributed by atoms with Crippen LogP contribution < -0.4 is 5.32 Å². The van der Waals surface area contributed by atoms with Crippen LogP contribution in [-0.2, 0) is 22.4 Å². The van der Waals surface area contributed by atoms with Crippen molar-refractivity contribution in [2.75, 3.05) is 13.7 Å². The number of aromatic nitrogens is 1. The quantitative estimate of drug-likeness (QED) is 0.314. The first-order chi connectivity index (χ1) is 17.0. The zero-order valence-electron chi connectivity index (χ0n) is 20.6. The molecule has 5 nitrogen and oxygen atoms in total. The smallest absolute Gasteiger partial charge is 0.337 e. The van der Waals surface area contributed by atoms with E-state index in [1.54, 1.807) is 6.07 Å². The Balaban J connectivity index is 1.44. The molecule has 0 radical (unpaired) electrons. The van der Waals surface area contributed by atoms with E-state index < -0.39 is 0 Å². The number of hydrogen-bond donors (Lipinski definition) is 1. The minimum absolute atomic E-state index is 0.0218. The summed E-state index contributed by atoms with van der Waals surface area (Å²) in [5, 5.41) is 4.00. The summed E-state index contributed by atoms with van der Waals surface area (Å²) in [5.41, 5.74) is 6.08. The highest BCUT2D eigenvalue weighted by molar-refractivity contribution is 5.96. The van der Waals surface area contributed by atoms with Gasteiger partial charge in [0.25, 0.3) is 0 Å². The predicted octanol–water partition coefficient (Wildman–Crippen LogP) is 5.83. The van der Waals surface area contributed by atoms with Gasteiger partial charge in [-0.1, -0.05) is 56.3 Å². The lowest BCUT2D eigenvalue weighted by Crippen LogP contribution is -2.25. The van der Waals surface area contributed by atoms with Crippen LogP contribution in [0.5, 0.6) is 0 Å². The fourth-order valence-corrected chi connectivity index (χ4v) is 4.30. The Kier molecular flexibility index (Phi) is 7.66. The second kappa shape index (κ2) is 11.0. The van der Waals surface area contributed by atoms with Gasteiger partial charge in [0.2, 0.25) is 5.91 Å². The van der Waals surface area contributed by atoms with Gasteiger partial charge in [-0.2, -0.15) is 0 Å². The van der Waals surface area contributed by atoms with Crippen LogP contribution in [-0.4, -0.2) is 30.1 Å². The van der Waals surface area contributed by atoms with Crippen LogP contribution in [0.3, 0.4) is 0 Å². The van der Waals surface area contributed by atoms with E-state index in [4.69, 9.17) is 4.74 Å². The zero-order chi connectivity index (χ0) is 24.8. The molecule has 0 fully saturated rings. The van der Waals surface area contributed by atoms with E-state index in [9.17, 15) is 9.59 Å². The first kappa shape index (κ1) is 24.3. The van der Waals surface area contributed by atoms with Crippen molar-refractivity contribution >= 4 is 22.8 Å². The summed E-state index contributed by atoms with van der Waals surface area (Å²) in [7, 11) is 1.38. The maximum absolute atomic E-state index is 12.6. The van der Waals surface area contributed by atoms with E-state index >= 15 is 0 Å². The molecule has 180 valence electrons. The summed E-state index contributed by atoms with van der Waals surface area (Å²) < 4.78 is 7.01. The van der Waals surface area contributed by atoms with E-state index in [1.807, 2.05) is 42.5 Å². The number of carbonyl (C=O) groups is 2. The molecule has 5 heteroatoms. The Morgan fingerprint density at radius 2 is 1.69 bits per heavy atom. The van der Waals surface area contributed by atoms with Gasteiger partial charge in [-0.15, -0.1) is 0 Å². The van der Waals surface area contributed by atoms with E-state index in [0.29, 0.717) is 30.9 Å². The van der Waals surface area contributed by atoms with E-state index in [2.05, 4.69) is 54.2 Å². The minimum atomic E-state index is -0.371. The number of esters is 1. The van der Waals surface area contributed by atoms with Gasteiger partial charge in [-0.3, -0.25) is 4.79 Å². The molecular formula is C30H32N2O3. The number of ether oxygens (including phenoxy) is 1. The van der Waals surface area contributed by atoms with Crippen LogP contribution in [0.4, 0.5) is 0 Å². The Labute approximate surface area is 206 Å². The second-order valence-corrected chi connectivity index (χ2v) is 9.08. The largest absolute Gasteiger partial charge is 0.465 e. The van der Waals surface area contributed by atoms with Crippen molar-refractivity contribution in [2.45, 2.75) is 39.0 Å². The molecule has 0 saturated carbocycles. The standard InChI is InChI=1S/C30H32N2O3/c1-21(2)23-11-9-22(10-12-23)17-18-31-29(33)16-14-25-20-32(26-7-5-4-6-8-26)28-15-13-24(19-27(25)28)30(34)35-3/h4-13,15,19-21H,14,16-18H2,1-3H3,(H,31,33). The zero-order valence-corrected chi connectivity index (χ0v) is 20.6. The number of hydrogen-bond acceptors (Lipinski definition) is 3. The number of rotatable bonds is 9. The van der Waals surface area contributed by atoms with Crippen LogP contribution >= 0.6 is 0 Å². The van der Waals surface area contributed by atoms with Crippen molar-refractivity contribution in [3.63, 3.8) is 0 Å². The van der Waals surface area contributed by atoms with Gasteiger partial charge in [0.05, 0.1) is 18.2 Å². The number of carbonyl (C=O) groups excluding carboxylic acids is 2. The van der Waals surface area contributed by atoms with Crippen LogP contribution in [0.2, 0.25) is 0 Å². The van der Waals surface area contributed by atoms with Crippen molar-refractivity contribution in [2.24, 2.45) is 0 Å². The highest BCUT2D eigenvalue weighted by Gasteiger charge is 2.15. The lowest BCUT2D eigenvalue weighted by Gasteiger charge is -2.08. The van der Waals surface area contributed by atoms with Crippen LogP contribution in [0.1, 0.15) is 53.2 Å². The van der Waals surface area contributed by atoms with E-state index in [0.717, 1.165) is 28.6 Å². The maximum Gasteiger partial charge on any atom is 0.337 e. The number of para-hydroxylation sites is 1. The van der Waals surface area contributed by atoms with Gasteiger partial charge in [0, 0.05) is 30.2 Å². The normalized spacial score (nSPS) is 11.1. The number of amides is 1. The van der Waals surface area contributed by atoms with Crippen molar-refractivity contribution < 1.29 is 14.3 Å². The van der Waals surface area contributed by atoms with Gasteiger partial charge < -0.3 is 14.6 Å². The average molecular weight is 469 g/mol. The molecule has 0 spiro atoms. The Morgan fingerprint density at radius 1 is 0.943 bits per heavy atom. The number of benzene rings is 3. The van der Waals surface area contributed by atoms with Gasteiger partial charge in [-0.05, 0) is 65.8 Å². The van der Waals surface area contributed by atoms with Gasteiger partial charge in [0.15, 0.2) is 0 Å². The molecule has 4 aromatic rings. The summed E-state index contributed by atoms with van der Waals surface area (Å²) in [4.78, 5) is 24.7. The highest BCUT2D eigenvalue weighted by atomic mass is 16.5. The highest BCUT2D eigenvalue weighted by Crippen LogP contribution is 2.27. The molecule has 3 aromatic carbocycles. The molecule has 1 heterocycles. The topological polar surface area (TPSA) is 60.3 Å². The molecule has 4 rings (SSSR count). The van der Waals surface area contributed by atoms with Crippen molar-refractivity contribution in [1.29, 1.82) is 0 Å². The van der Waals surface area contributed by atoms with Crippen LogP contribution in [0.15, 0.2) is 79.0 Å². The lowest BCUT2D eigenvalue weighted by molar-refractivity contribution is -0.121. The maximum atomic E-state index is 12.6. The average Bonchev–Trinajstić information content (AvgIpc) is 3.25. The number of nitrogens with one attached hydrogen (secondary N) is 1. The van der Waals surface area contributed by atoms with Crippen molar-refractivity contribution in [3.05, 3.63) is 101 Å². The van der Waals surface area contributed by atoms with Crippen molar-refractivity contribution in [3.8, 4) is 5.69 Å². The van der Waals surface area contributed by atoms with Gasteiger partial charge >= 0.3 is 5.97 Å². The summed E-state index contributed by atoms with van der Waals surface area (Å²) in [6, 6.07) is 24.2. The Bertz CT molecular complexity index is 1300. The molecule has 0 aliphatic heterocycles. The second-order valence-electron chi connectivity index (χ2n) is 9.08. The third-order valence-electron chi connectivity index (χ3n) is 6.35. The van der Waals surface area contributed by atoms with Gasteiger partial charge in [0.1, 0.15) is 0 Å². The Morgan fingerprint density at radius 3 is 2.37 bits per heavy atom. The number of fused-ring (bicyclic) bond motifs is 1. The molecule has 1 aromatic heterocycles. The number of nitrogens with zero attached hydrogens (tertiary/aromatic N) is 1. The molecule has 0 saturated heterocycles. The summed E-state index contributed by atoms with van der Waals surface area (Å²) in [6.07, 6.45) is 3.82. The van der Waals surface area contributed by atoms with Crippen LogP contribution in [0, 0.1) is 0 Å². The van der Waals surface area contributed by atoms with E-state index in [-0.39, 0.29) is 11.9 Å². The van der Waals surface area contributed by atoms with Gasteiger partial charge in [-0.25, -0.2) is 4.79 Å². The van der Waals surface area contributed by atoms with Crippen molar-refractivity contribution in [1.82, 2.24) is 9.88 Å². The molecule has 1 N–H and O–H groups in total. The third kappa shape index (κ3) is 5.80. The monoisotopic (exact) mass is 468 g/mol. The summed E-state index contributed by atoms with van der Waals surface area (Å²) in [5.74, 6) is 0.165. The molecule has 0 bridgehead atoms. The first-order valence-electron chi connectivity index (χ1n) is 12.1. The SMILES string of the molecule is COC(=O)c1ccc2c(c1)c(CCC(=O)NCCc1ccc(C(C)C)cc1)cn2-c1ccccc1. The molecule has 0 aliphatic rings.